The minimum Gasteiger partial charge on any atom is -0.469 e. The number of amides is 4. The molecule has 2 unspecified atom stereocenters. The number of urea groups is 2. The van der Waals surface area contributed by atoms with Crippen molar-refractivity contribution in [2.75, 3.05) is 25.5 Å². The first-order valence-corrected chi connectivity index (χ1v) is 12.0. The predicted molar refractivity (Wildman–Crippen MR) is 133 cm³/mol. The Kier molecular flexibility index (Phi) is 8.37. The smallest absolute Gasteiger partial charge is 0.331 e. The Balaban J connectivity index is 1.55. The molecular formula is C26H26F3N5O5. The molecule has 2 aromatic rings. The zero-order chi connectivity index (χ0) is 28.1. The van der Waals surface area contributed by atoms with Gasteiger partial charge in [0.1, 0.15) is 5.82 Å². The van der Waals surface area contributed by atoms with Crippen LogP contribution in [-0.4, -0.2) is 59.3 Å². The van der Waals surface area contributed by atoms with Crippen molar-refractivity contribution in [2.24, 2.45) is 5.92 Å². The van der Waals surface area contributed by atoms with Gasteiger partial charge in [-0.3, -0.25) is 15.0 Å². The number of anilines is 1. The van der Waals surface area contributed by atoms with Crippen LogP contribution in [-0.2, 0) is 9.53 Å². The van der Waals surface area contributed by atoms with E-state index in [-0.39, 0.29) is 37.0 Å². The van der Waals surface area contributed by atoms with Crippen molar-refractivity contribution in [3.8, 4) is 11.6 Å². The maximum absolute atomic E-state index is 14.8. The fourth-order valence-corrected chi connectivity index (χ4v) is 4.01. The van der Waals surface area contributed by atoms with Crippen LogP contribution in [0.4, 0.5) is 28.4 Å². The molecule has 0 radical (unpaired) electrons. The maximum atomic E-state index is 14.8. The summed E-state index contributed by atoms with van der Waals surface area (Å²) in [4.78, 5) is 43.5. The van der Waals surface area contributed by atoms with Crippen LogP contribution in [0.1, 0.15) is 19.8 Å². The molecule has 0 saturated carbocycles. The molecule has 206 valence electrons. The van der Waals surface area contributed by atoms with Crippen LogP contribution in [0.25, 0.3) is 0 Å². The standard InChI is InChI=1S/C26H26F3N5O5/c1-15-3-5-16(6-4-15)14-34-24(32-25(36)33(26(34)37)10-9-22(35)38-2)31-18-11-19(28)23(20(29)12-18)39-21-8-7-17(27)13-30-21/h3-5,7-8,11-13,16,24,31H,6,9-10,14H2,1-2H3,(H,32,36). The van der Waals surface area contributed by atoms with Crippen LogP contribution in [0.5, 0.6) is 11.6 Å². The first kappa shape index (κ1) is 27.5. The van der Waals surface area contributed by atoms with Crippen LogP contribution in [0.2, 0.25) is 0 Å². The van der Waals surface area contributed by atoms with Crippen molar-refractivity contribution in [1.29, 1.82) is 0 Å². The zero-order valence-corrected chi connectivity index (χ0v) is 21.1. The van der Waals surface area contributed by atoms with Crippen LogP contribution in [0.15, 0.2) is 54.3 Å². The molecule has 2 atom stereocenters. The molecule has 4 rings (SSSR count). The number of methoxy groups -OCH3 is 1. The van der Waals surface area contributed by atoms with E-state index in [0.717, 1.165) is 40.9 Å². The van der Waals surface area contributed by atoms with Crippen LogP contribution in [0, 0.1) is 23.4 Å². The second-order valence-electron chi connectivity index (χ2n) is 8.90. The summed E-state index contributed by atoms with van der Waals surface area (Å²) in [7, 11) is 1.20. The number of halogens is 3. The van der Waals surface area contributed by atoms with Gasteiger partial charge in [-0.1, -0.05) is 23.8 Å². The van der Waals surface area contributed by atoms with Crippen molar-refractivity contribution in [3.63, 3.8) is 0 Å². The van der Waals surface area contributed by atoms with Gasteiger partial charge in [-0.15, -0.1) is 0 Å². The number of carbonyl (C=O) groups is 3. The number of imide groups is 1. The monoisotopic (exact) mass is 545 g/mol. The highest BCUT2D eigenvalue weighted by molar-refractivity contribution is 5.96. The molecule has 1 aromatic carbocycles. The highest BCUT2D eigenvalue weighted by Crippen LogP contribution is 2.30. The lowest BCUT2D eigenvalue weighted by Crippen LogP contribution is -2.68. The average molecular weight is 546 g/mol. The van der Waals surface area contributed by atoms with E-state index in [0.29, 0.717) is 6.42 Å². The Morgan fingerprint density at radius 2 is 1.95 bits per heavy atom. The molecule has 13 heteroatoms. The van der Waals surface area contributed by atoms with E-state index in [2.05, 4.69) is 20.4 Å². The Morgan fingerprint density at radius 1 is 1.21 bits per heavy atom. The second-order valence-corrected chi connectivity index (χ2v) is 8.90. The number of hydrogen-bond acceptors (Lipinski definition) is 7. The minimum absolute atomic E-state index is 0.0909. The van der Waals surface area contributed by atoms with E-state index >= 15 is 0 Å². The molecule has 1 aromatic heterocycles. The molecule has 10 nitrogen and oxygen atoms in total. The molecule has 1 aliphatic carbocycles. The van der Waals surface area contributed by atoms with Gasteiger partial charge < -0.3 is 14.8 Å². The highest BCUT2D eigenvalue weighted by atomic mass is 19.1. The molecular weight excluding hydrogens is 519 g/mol. The normalized spacial score (nSPS) is 18.9. The SMILES string of the molecule is COC(=O)CCN1C(=O)NC(Nc2cc(F)c(Oc3ccc(F)cn3)c(F)c2)N(CC2C=CC(C)=CC2)C1=O. The third-order valence-electron chi connectivity index (χ3n) is 6.07. The molecule has 0 bridgehead atoms. The Morgan fingerprint density at radius 3 is 2.56 bits per heavy atom. The van der Waals surface area contributed by atoms with Crippen molar-refractivity contribution < 1.29 is 37.0 Å². The maximum Gasteiger partial charge on any atom is 0.331 e. The summed E-state index contributed by atoms with van der Waals surface area (Å²) in [6.45, 7) is 1.89. The molecule has 1 saturated heterocycles. The number of esters is 1. The number of aromatic nitrogens is 1. The number of nitrogens with one attached hydrogen (secondary N) is 2. The summed E-state index contributed by atoms with van der Waals surface area (Å²) in [5, 5.41) is 5.38. The number of allylic oxidation sites excluding steroid dienone is 3. The summed E-state index contributed by atoms with van der Waals surface area (Å²) < 4.78 is 52.4. The van der Waals surface area contributed by atoms with E-state index in [9.17, 15) is 27.6 Å². The Labute approximate surface area is 222 Å². The summed E-state index contributed by atoms with van der Waals surface area (Å²) >= 11 is 0. The molecule has 2 N–H and O–H groups in total. The van der Waals surface area contributed by atoms with Gasteiger partial charge >= 0.3 is 18.0 Å². The molecule has 39 heavy (non-hydrogen) atoms. The first-order valence-electron chi connectivity index (χ1n) is 12.0. The number of pyridine rings is 1. The van der Waals surface area contributed by atoms with E-state index in [4.69, 9.17) is 4.74 Å². The van der Waals surface area contributed by atoms with Crippen molar-refractivity contribution in [1.82, 2.24) is 20.1 Å². The highest BCUT2D eigenvalue weighted by Gasteiger charge is 2.39. The number of nitrogens with zero attached hydrogens (tertiary/aromatic N) is 3. The van der Waals surface area contributed by atoms with Crippen LogP contribution in [0.3, 0.4) is 0 Å². The Bertz CT molecular complexity index is 1290. The molecule has 1 aliphatic heterocycles. The summed E-state index contributed by atoms with van der Waals surface area (Å²) in [5.74, 6) is -4.51. The van der Waals surface area contributed by atoms with Gasteiger partial charge in [0.25, 0.3) is 0 Å². The first-order chi connectivity index (χ1) is 18.6. The fourth-order valence-electron chi connectivity index (χ4n) is 4.01. The molecule has 2 aliphatic rings. The van der Waals surface area contributed by atoms with E-state index in [1.54, 1.807) is 0 Å². The zero-order valence-electron chi connectivity index (χ0n) is 21.1. The van der Waals surface area contributed by atoms with Gasteiger partial charge in [-0.25, -0.2) is 32.6 Å². The number of rotatable bonds is 9. The van der Waals surface area contributed by atoms with Crippen LogP contribution >= 0.6 is 0 Å². The lowest BCUT2D eigenvalue weighted by Gasteiger charge is -2.42. The third-order valence-corrected chi connectivity index (χ3v) is 6.07. The lowest BCUT2D eigenvalue weighted by atomic mass is 9.97. The van der Waals surface area contributed by atoms with Gasteiger partial charge in [-0.2, -0.15) is 0 Å². The number of benzene rings is 1. The topological polar surface area (TPSA) is 113 Å². The largest absolute Gasteiger partial charge is 0.469 e. The molecule has 4 amide bonds. The van der Waals surface area contributed by atoms with E-state index < -0.39 is 47.5 Å². The number of carbonyl (C=O) groups excluding carboxylic acids is 3. The van der Waals surface area contributed by atoms with Crippen molar-refractivity contribution in [2.45, 2.75) is 26.1 Å². The van der Waals surface area contributed by atoms with Crippen molar-refractivity contribution in [3.05, 3.63) is 71.7 Å². The predicted octanol–water partition coefficient (Wildman–Crippen LogP) is 4.52. The summed E-state index contributed by atoms with van der Waals surface area (Å²) in [6.07, 6.45) is 5.97. The Hall–Kier alpha value is -4.55. The minimum atomic E-state index is -1.16. The number of hydrogen-bond donors (Lipinski definition) is 2. The van der Waals surface area contributed by atoms with Gasteiger partial charge in [0, 0.05) is 37.0 Å². The van der Waals surface area contributed by atoms with Gasteiger partial charge in [-0.05, 0) is 25.3 Å². The van der Waals surface area contributed by atoms with Crippen molar-refractivity contribution >= 4 is 23.7 Å². The lowest BCUT2D eigenvalue weighted by molar-refractivity contribution is -0.140. The molecule has 0 spiro atoms. The summed E-state index contributed by atoms with van der Waals surface area (Å²) in [5.41, 5.74) is 0.980. The third kappa shape index (κ3) is 6.67. The van der Waals surface area contributed by atoms with E-state index in [1.807, 2.05) is 25.2 Å². The molecule has 2 heterocycles. The van der Waals surface area contributed by atoms with Gasteiger partial charge in [0.2, 0.25) is 11.6 Å². The fraction of sp³-hybridized carbons (Fsp3) is 0.308. The van der Waals surface area contributed by atoms with Gasteiger partial charge in [0.05, 0.1) is 19.7 Å². The quantitative estimate of drug-likeness (QED) is 0.446. The van der Waals surface area contributed by atoms with Crippen LogP contribution < -0.4 is 15.4 Å². The summed E-state index contributed by atoms with van der Waals surface area (Å²) in [6, 6.07) is 2.50. The average Bonchev–Trinajstić information content (AvgIpc) is 2.90. The second kappa shape index (κ2) is 11.9. The van der Waals surface area contributed by atoms with Gasteiger partial charge in [0.15, 0.2) is 17.9 Å². The number of ether oxygens (including phenoxy) is 2. The van der Waals surface area contributed by atoms with E-state index in [1.165, 1.54) is 12.0 Å². The molecule has 1 fully saturated rings.